The Morgan fingerprint density at radius 2 is 1.51 bits per heavy atom. The Hall–Kier alpha value is -2.78. The summed E-state index contributed by atoms with van der Waals surface area (Å²) >= 11 is 0. The van der Waals surface area contributed by atoms with E-state index in [1.807, 2.05) is 0 Å². The second kappa shape index (κ2) is 11.3. The number of halogens is 1. The summed E-state index contributed by atoms with van der Waals surface area (Å²) in [5.41, 5.74) is 12.7. The van der Waals surface area contributed by atoms with Gasteiger partial charge in [-0.05, 0) is 52.3 Å². The van der Waals surface area contributed by atoms with Crippen molar-refractivity contribution in [1.29, 1.82) is 0 Å². The molecule has 0 bridgehead atoms. The molecule has 2 rings (SSSR count). The van der Waals surface area contributed by atoms with Gasteiger partial charge < -0.3 is 16.8 Å². The summed E-state index contributed by atoms with van der Waals surface area (Å²) in [4.78, 5) is 16.5. The van der Waals surface area contributed by atoms with Crippen LogP contribution in [-0.4, -0.2) is 40.4 Å². The van der Waals surface area contributed by atoms with Gasteiger partial charge in [0.05, 0.1) is 17.1 Å². The van der Waals surface area contributed by atoms with Crippen molar-refractivity contribution in [1.82, 2.24) is 5.32 Å². The number of carbonyl (C=O) groups is 1. The first kappa shape index (κ1) is 30.3. The van der Waals surface area contributed by atoms with Gasteiger partial charge in [-0.1, -0.05) is 53.7 Å². The fourth-order valence-corrected chi connectivity index (χ4v) is 4.47. The van der Waals surface area contributed by atoms with Crippen molar-refractivity contribution < 1.29 is 13.2 Å². The lowest BCUT2D eigenvalue weighted by Gasteiger charge is -2.27. The number of hydrogen-bond acceptors (Lipinski definition) is 4. The van der Waals surface area contributed by atoms with Crippen molar-refractivity contribution >= 4 is 40.0 Å². The van der Waals surface area contributed by atoms with E-state index >= 15 is 0 Å². The van der Waals surface area contributed by atoms with E-state index in [4.69, 9.17) is 11.5 Å². The number of anilines is 1. The summed E-state index contributed by atoms with van der Waals surface area (Å²) < 4.78 is 28.5. The molecule has 0 radical (unpaired) electrons. The zero-order chi connectivity index (χ0) is 25.9. The van der Waals surface area contributed by atoms with E-state index in [1.54, 1.807) is 36.4 Å². The van der Waals surface area contributed by atoms with Crippen LogP contribution in [0.15, 0.2) is 52.4 Å². The van der Waals surface area contributed by atoms with Gasteiger partial charge in [0, 0.05) is 19.2 Å². The minimum absolute atomic E-state index is 0. The highest BCUT2D eigenvalue weighted by Crippen LogP contribution is 2.33. The molecule has 0 saturated carbocycles. The molecule has 0 aliphatic carbocycles. The molecular formula is C25H38ClN5O3S. The standard InChI is InChI=1S/C25H37N5O3S.ClH/c1-24(2,3)18-14-19(25(4,5)6)16-21(15-18)34(32,33)30(7)20-10-8-9-17(13-20)22(31)28-11-12-29-23(26)27;/h8-10,13-16H,11-12H2,1-7H3,(H,28,31)(H4,26,27,29);1H. The number of benzene rings is 2. The molecule has 35 heavy (non-hydrogen) atoms. The van der Waals surface area contributed by atoms with Crippen LogP contribution in [0.5, 0.6) is 0 Å². The molecule has 0 saturated heterocycles. The second-order valence-corrected chi connectivity index (χ2v) is 12.3. The highest BCUT2D eigenvalue weighted by atomic mass is 35.5. The van der Waals surface area contributed by atoms with Crippen LogP contribution < -0.4 is 21.1 Å². The molecular weight excluding hydrogens is 486 g/mol. The Balaban J connectivity index is 0.00000612. The lowest BCUT2D eigenvalue weighted by molar-refractivity contribution is 0.0955. The third kappa shape index (κ3) is 7.86. The molecule has 0 aliphatic rings. The fourth-order valence-electron chi connectivity index (χ4n) is 3.21. The van der Waals surface area contributed by atoms with E-state index in [9.17, 15) is 13.2 Å². The van der Waals surface area contributed by atoms with Crippen LogP contribution >= 0.6 is 12.4 Å². The number of guanidine groups is 1. The minimum Gasteiger partial charge on any atom is -0.370 e. The average Bonchev–Trinajstić information content (AvgIpc) is 2.74. The van der Waals surface area contributed by atoms with Gasteiger partial charge >= 0.3 is 0 Å². The number of nitrogens with two attached hydrogens (primary N) is 2. The van der Waals surface area contributed by atoms with Gasteiger partial charge in [0.15, 0.2) is 5.96 Å². The maximum absolute atomic E-state index is 13.6. The third-order valence-corrected chi connectivity index (χ3v) is 7.22. The second-order valence-electron chi connectivity index (χ2n) is 10.3. The Labute approximate surface area is 215 Å². The molecule has 5 N–H and O–H groups in total. The predicted molar refractivity (Wildman–Crippen MR) is 146 cm³/mol. The number of sulfonamides is 1. The number of carbonyl (C=O) groups excluding carboxylic acids is 1. The number of aliphatic imine (C=N–C) groups is 1. The zero-order valence-corrected chi connectivity index (χ0v) is 23.2. The number of amides is 1. The summed E-state index contributed by atoms with van der Waals surface area (Å²) in [5.74, 6) is -0.392. The monoisotopic (exact) mass is 523 g/mol. The van der Waals surface area contributed by atoms with Crippen molar-refractivity contribution in [3.8, 4) is 0 Å². The van der Waals surface area contributed by atoms with Crippen LogP contribution in [0, 0.1) is 0 Å². The van der Waals surface area contributed by atoms with Gasteiger partial charge in [-0.15, -0.1) is 12.4 Å². The Morgan fingerprint density at radius 1 is 0.971 bits per heavy atom. The first-order chi connectivity index (χ1) is 15.5. The van der Waals surface area contributed by atoms with E-state index in [-0.39, 0.29) is 53.1 Å². The Morgan fingerprint density at radius 3 is 2.00 bits per heavy atom. The van der Waals surface area contributed by atoms with Gasteiger partial charge in [0.1, 0.15) is 0 Å². The number of rotatable bonds is 7. The largest absolute Gasteiger partial charge is 0.370 e. The quantitative estimate of drug-likeness (QED) is 0.290. The lowest BCUT2D eigenvalue weighted by Crippen LogP contribution is -2.30. The molecule has 0 aromatic heterocycles. The maximum atomic E-state index is 13.6. The van der Waals surface area contributed by atoms with Crippen LogP contribution in [0.3, 0.4) is 0 Å². The van der Waals surface area contributed by atoms with E-state index in [2.05, 4.69) is 57.9 Å². The number of nitrogens with one attached hydrogen (secondary N) is 1. The first-order valence-corrected chi connectivity index (χ1v) is 12.6. The summed E-state index contributed by atoms with van der Waals surface area (Å²) in [6.45, 7) is 12.9. The van der Waals surface area contributed by atoms with Crippen molar-refractivity contribution in [2.45, 2.75) is 57.3 Å². The average molecular weight is 524 g/mol. The van der Waals surface area contributed by atoms with Crippen molar-refractivity contribution in [2.24, 2.45) is 16.5 Å². The van der Waals surface area contributed by atoms with Gasteiger partial charge in [-0.3, -0.25) is 14.1 Å². The van der Waals surface area contributed by atoms with Crippen LogP contribution in [0.2, 0.25) is 0 Å². The van der Waals surface area contributed by atoms with Gasteiger partial charge in [0.25, 0.3) is 15.9 Å². The van der Waals surface area contributed by atoms with Crippen LogP contribution in [0.25, 0.3) is 0 Å². The normalized spacial score (nSPS) is 11.9. The van der Waals surface area contributed by atoms with Crippen molar-refractivity contribution in [3.63, 3.8) is 0 Å². The molecule has 0 heterocycles. The van der Waals surface area contributed by atoms with Gasteiger partial charge in [-0.25, -0.2) is 8.42 Å². The molecule has 2 aromatic carbocycles. The molecule has 1 amide bonds. The predicted octanol–water partition coefficient (Wildman–Crippen LogP) is 3.53. The Kier molecular flexibility index (Phi) is 9.77. The van der Waals surface area contributed by atoms with E-state index in [1.165, 1.54) is 11.4 Å². The van der Waals surface area contributed by atoms with Crippen molar-refractivity contribution in [2.75, 3.05) is 24.4 Å². The molecule has 0 unspecified atom stereocenters. The summed E-state index contributed by atoms with van der Waals surface area (Å²) in [5, 5.41) is 2.71. The molecule has 10 heteroatoms. The number of hydrogen-bond donors (Lipinski definition) is 3. The molecule has 8 nitrogen and oxygen atoms in total. The summed E-state index contributed by atoms with van der Waals surface area (Å²) in [6.07, 6.45) is 0. The summed E-state index contributed by atoms with van der Waals surface area (Å²) in [7, 11) is -2.38. The zero-order valence-electron chi connectivity index (χ0n) is 21.5. The topological polar surface area (TPSA) is 131 Å². The molecule has 0 spiro atoms. The van der Waals surface area contributed by atoms with Crippen LogP contribution in [0.1, 0.15) is 63.0 Å². The lowest BCUT2D eigenvalue weighted by atomic mass is 9.81. The van der Waals surface area contributed by atoms with E-state index in [0.717, 1.165) is 11.1 Å². The highest BCUT2D eigenvalue weighted by Gasteiger charge is 2.27. The van der Waals surface area contributed by atoms with Crippen LogP contribution in [0.4, 0.5) is 5.69 Å². The van der Waals surface area contributed by atoms with E-state index in [0.29, 0.717) is 11.3 Å². The maximum Gasteiger partial charge on any atom is 0.264 e. The van der Waals surface area contributed by atoms with Gasteiger partial charge in [0.2, 0.25) is 0 Å². The number of nitrogens with zero attached hydrogens (tertiary/aromatic N) is 2. The molecule has 194 valence electrons. The minimum atomic E-state index is -3.87. The fraction of sp³-hybridized carbons (Fsp3) is 0.440. The molecule has 0 atom stereocenters. The molecule has 2 aromatic rings. The summed E-state index contributed by atoms with van der Waals surface area (Å²) in [6, 6.07) is 12.0. The van der Waals surface area contributed by atoms with E-state index < -0.39 is 10.0 Å². The third-order valence-electron chi connectivity index (χ3n) is 5.46. The smallest absolute Gasteiger partial charge is 0.264 e. The highest BCUT2D eigenvalue weighted by molar-refractivity contribution is 7.92. The van der Waals surface area contributed by atoms with Crippen LogP contribution in [-0.2, 0) is 20.9 Å². The molecule has 0 aliphatic heterocycles. The Bertz CT molecular complexity index is 1150. The van der Waals surface area contributed by atoms with Gasteiger partial charge in [-0.2, -0.15) is 0 Å². The SMILES string of the molecule is CN(c1cccc(C(=O)NCCN=C(N)N)c1)S(=O)(=O)c1cc(C(C)(C)C)cc(C(C)(C)C)c1.Cl. The van der Waals surface area contributed by atoms with Crippen molar-refractivity contribution in [3.05, 3.63) is 59.2 Å². The first-order valence-electron chi connectivity index (χ1n) is 11.1. The molecule has 0 fully saturated rings.